The van der Waals surface area contributed by atoms with Gasteiger partial charge in [0.1, 0.15) is 0 Å². The number of nitrogens with zero attached hydrogens (tertiary/aromatic N) is 1. The van der Waals surface area contributed by atoms with E-state index in [0.29, 0.717) is 5.56 Å². The van der Waals surface area contributed by atoms with Crippen LogP contribution in [0.1, 0.15) is 22.3 Å². The lowest BCUT2D eigenvalue weighted by molar-refractivity contribution is 0.0600. The summed E-state index contributed by atoms with van der Waals surface area (Å²) >= 11 is 0. The summed E-state index contributed by atoms with van der Waals surface area (Å²) in [4.78, 5) is 14.9. The highest BCUT2D eigenvalue weighted by Crippen LogP contribution is 2.09. The lowest BCUT2D eigenvalue weighted by Gasteiger charge is -2.02. The Kier molecular flexibility index (Phi) is 4.15. The van der Waals surface area contributed by atoms with Crippen molar-refractivity contribution in [2.24, 2.45) is 0 Å². The molecule has 0 aromatic carbocycles. The van der Waals surface area contributed by atoms with Crippen LogP contribution in [0.3, 0.4) is 0 Å². The molecule has 1 rings (SSSR count). The van der Waals surface area contributed by atoms with Crippen LogP contribution in [0.5, 0.6) is 0 Å². The van der Waals surface area contributed by atoms with Gasteiger partial charge in [-0.05, 0) is 18.1 Å². The van der Waals surface area contributed by atoms with Gasteiger partial charge in [0.2, 0.25) is 6.43 Å². The summed E-state index contributed by atoms with van der Waals surface area (Å²) in [6.45, 7) is 0. The number of methoxy groups -OCH3 is 1. The van der Waals surface area contributed by atoms with Crippen LogP contribution in [0.2, 0.25) is 0 Å². The second-order valence-electron chi connectivity index (χ2n) is 3.00. The fourth-order valence-corrected chi connectivity index (χ4v) is 1.13. The normalized spacial score (nSPS) is 10.4. The molecule has 82 valence electrons. The SMILES string of the molecule is COC(=O)c1cncc(CCC(F)F)c1. The lowest BCUT2D eigenvalue weighted by Crippen LogP contribution is -2.03. The highest BCUT2D eigenvalue weighted by molar-refractivity contribution is 5.89. The molecule has 0 bridgehead atoms. The Morgan fingerprint density at radius 3 is 2.87 bits per heavy atom. The van der Waals surface area contributed by atoms with Crippen LogP contribution in [0.15, 0.2) is 18.5 Å². The average molecular weight is 215 g/mol. The molecule has 3 nitrogen and oxygen atoms in total. The molecule has 0 aliphatic rings. The van der Waals surface area contributed by atoms with Crippen LogP contribution in [-0.4, -0.2) is 24.5 Å². The molecule has 0 aliphatic carbocycles. The van der Waals surface area contributed by atoms with Crippen LogP contribution < -0.4 is 0 Å². The molecule has 0 spiro atoms. The van der Waals surface area contributed by atoms with Gasteiger partial charge in [-0.15, -0.1) is 0 Å². The van der Waals surface area contributed by atoms with Gasteiger partial charge in [-0.1, -0.05) is 0 Å². The third-order valence-electron chi connectivity index (χ3n) is 1.87. The van der Waals surface area contributed by atoms with Crippen molar-refractivity contribution in [2.45, 2.75) is 19.3 Å². The summed E-state index contributed by atoms with van der Waals surface area (Å²) in [5.74, 6) is -0.513. The molecule has 0 radical (unpaired) electrons. The van der Waals surface area contributed by atoms with Gasteiger partial charge in [0.05, 0.1) is 12.7 Å². The maximum absolute atomic E-state index is 11.9. The number of halogens is 2. The van der Waals surface area contributed by atoms with Crippen molar-refractivity contribution in [2.75, 3.05) is 7.11 Å². The van der Waals surface area contributed by atoms with Gasteiger partial charge < -0.3 is 4.74 Å². The fourth-order valence-electron chi connectivity index (χ4n) is 1.13. The molecule has 1 aromatic rings. The summed E-state index contributed by atoms with van der Waals surface area (Å²) in [5.41, 5.74) is 0.891. The Hall–Kier alpha value is -1.52. The Morgan fingerprint density at radius 2 is 2.27 bits per heavy atom. The lowest BCUT2D eigenvalue weighted by atomic mass is 10.1. The second kappa shape index (κ2) is 5.38. The van der Waals surface area contributed by atoms with E-state index in [1.165, 1.54) is 25.6 Å². The van der Waals surface area contributed by atoms with E-state index >= 15 is 0 Å². The summed E-state index contributed by atoms with van der Waals surface area (Å²) in [6.07, 6.45) is 0.445. The molecule has 0 amide bonds. The number of hydrogen-bond acceptors (Lipinski definition) is 3. The average Bonchev–Trinajstić information content (AvgIpc) is 2.25. The summed E-state index contributed by atoms with van der Waals surface area (Å²) < 4.78 is 28.4. The van der Waals surface area contributed by atoms with Gasteiger partial charge in [0.25, 0.3) is 0 Å². The minimum atomic E-state index is -2.34. The predicted molar refractivity (Wildman–Crippen MR) is 49.9 cm³/mol. The molecule has 0 N–H and O–H groups in total. The van der Waals surface area contributed by atoms with Crippen molar-refractivity contribution in [3.8, 4) is 0 Å². The zero-order valence-electron chi connectivity index (χ0n) is 8.24. The number of ether oxygens (including phenoxy) is 1. The first-order chi connectivity index (χ1) is 7.13. The van der Waals surface area contributed by atoms with E-state index in [4.69, 9.17) is 0 Å². The molecular weight excluding hydrogens is 204 g/mol. The first kappa shape index (κ1) is 11.6. The molecule has 15 heavy (non-hydrogen) atoms. The number of esters is 1. The minimum absolute atomic E-state index is 0.204. The van der Waals surface area contributed by atoms with E-state index in [0.717, 1.165) is 0 Å². The van der Waals surface area contributed by atoms with Crippen molar-refractivity contribution >= 4 is 5.97 Å². The monoisotopic (exact) mass is 215 g/mol. The quantitative estimate of drug-likeness (QED) is 0.722. The first-order valence-electron chi connectivity index (χ1n) is 4.44. The smallest absolute Gasteiger partial charge is 0.339 e. The fraction of sp³-hybridized carbons (Fsp3) is 0.400. The standard InChI is InChI=1S/C10H11F2NO2/c1-15-10(14)8-4-7(5-13-6-8)2-3-9(11)12/h4-6,9H,2-3H2,1H3. The van der Waals surface area contributed by atoms with Gasteiger partial charge in [-0.2, -0.15) is 0 Å². The maximum atomic E-state index is 11.9. The number of rotatable bonds is 4. The van der Waals surface area contributed by atoms with Gasteiger partial charge in [0, 0.05) is 18.8 Å². The largest absolute Gasteiger partial charge is 0.465 e. The third-order valence-corrected chi connectivity index (χ3v) is 1.87. The number of hydrogen-bond donors (Lipinski definition) is 0. The number of alkyl halides is 2. The van der Waals surface area contributed by atoms with E-state index in [1.807, 2.05) is 0 Å². The Bertz CT molecular complexity index is 342. The number of aromatic nitrogens is 1. The minimum Gasteiger partial charge on any atom is -0.465 e. The van der Waals surface area contributed by atoms with Crippen LogP contribution in [-0.2, 0) is 11.2 Å². The van der Waals surface area contributed by atoms with Crippen LogP contribution in [0, 0.1) is 0 Å². The molecule has 1 heterocycles. The molecule has 0 unspecified atom stereocenters. The molecule has 0 aliphatic heterocycles. The van der Waals surface area contributed by atoms with Gasteiger partial charge in [-0.3, -0.25) is 4.98 Å². The number of aryl methyl sites for hydroxylation is 1. The number of carbonyl (C=O) groups excluding carboxylic acids is 1. The highest BCUT2D eigenvalue weighted by Gasteiger charge is 2.08. The Balaban J connectivity index is 2.70. The molecule has 0 atom stereocenters. The maximum Gasteiger partial charge on any atom is 0.339 e. The van der Waals surface area contributed by atoms with Gasteiger partial charge in [0.15, 0.2) is 0 Å². The first-order valence-corrected chi connectivity index (χ1v) is 4.44. The van der Waals surface area contributed by atoms with E-state index in [1.54, 1.807) is 0 Å². The molecule has 0 saturated carbocycles. The predicted octanol–water partition coefficient (Wildman–Crippen LogP) is 2.07. The molecule has 0 fully saturated rings. The van der Waals surface area contributed by atoms with Crippen LogP contribution in [0.25, 0.3) is 0 Å². The highest BCUT2D eigenvalue weighted by atomic mass is 19.3. The van der Waals surface area contributed by atoms with Gasteiger partial charge >= 0.3 is 5.97 Å². The number of pyridine rings is 1. The van der Waals surface area contributed by atoms with Gasteiger partial charge in [-0.25, -0.2) is 13.6 Å². The van der Waals surface area contributed by atoms with E-state index in [9.17, 15) is 13.6 Å². The van der Waals surface area contributed by atoms with E-state index in [2.05, 4.69) is 9.72 Å². The summed E-state index contributed by atoms with van der Waals surface area (Å²) in [7, 11) is 1.26. The zero-order valence-corrected chi connectivity index (χ0v) is 8.24. The Labute approximate surface area is 86.1 Å². The van der Waals surface area contributed by atoms with Crippen molar-refractivity contribution in [1.29, 1.82) is 0 Å². The van der Waals surface area contributed by atoms with Crippen LogP contribution in [0.4, 0.5) is 8.78 Å². The molecule has 0 saturated heterocycles. The topological polar surface area (TPSA) is 39.2 Å². The molecule has 5 heteroatoms. The molecule has 1 aromatic heterocycles. The van der Waals surface area contributed by atoms with Crippen molar-refractivity contribution in [1.82, 2.24) is 4.98 Å². The zero-order chi connectivity index (χ0) is 11.3. The number of carbonyl (C=O) groups is 1. The summed E-state index contributed by atoms with van der Waals surface area (Å²) in [6, 6.07) is 1.52. The molecular formula is C10H11F2NO2. The third kappa shape index (κ3) is 3.61. The van der Waals surface area contributed by atoms with Crippen molar-refractivity contribution in [3.05, 3.63) is 29.6 Å². The van der Waals surface area contributed by atoms with Crippen molar-refractivity contribution < 1.29 is 18.3 Å². The van der Waals surface area contributed by atoms with E-state index in [-0.39, 0.29) is 18.4 Å². The van der Waals surface area contributed by atoms with E-state index < -0.39 is 12.4 Å². The van der Waals surface area contributed by atoms with Crippen LogP contribution >= 0.6 is 0 Å². The Morgan fingerprint density at radius 1 is 1.53 bits per heavy atom. The van der Waals surface area contributed by atoms with Crippen molar-refractivity contribution in [3.63, 3.8) is 0 Å². The second-order valence-corrected chi connectivity index (χ2v) is 3.00. The summed E-state index contributed by atoms with van der Waals surface area (Å²) in [5, 5.41) is 0.